The summed E-state index contributed by atoms with van der Waals surface area (Å²) in [4.78, 5) is 19.3. The molecule has 5 heterocycles. The Morgan fingerprint density at radius 1 is 1.03 bits per heavy atom. The fraction of sp³-hybridized carbons (Fsp3) is 0.607. The van der Waals surface area contributed by atoms with Gasteiger partial charge in [0.15, 0.2) is 0 Å². The van der Waals surface area contributed by atoms with Gasteiger partial charge in [0.05, 0.1) is 17.4 Å². The minimum Gasteiger partial charge on any atom is -0.368 e. The lowest BCUT2D eigenvalue weighted by Crippen LogP contribution is -2.47. The second kappa shape index (κ2) is 9.30. The van der Waals surface area contributed by atoms with Crippen LogP contribution in [0.3, 0.4) is 0 Å². The van der Waals surface area contributed by atoms with E-state index in [1.54, 1.807) is 0 Å². The van der Waals surface area contributed by atoms with Crippen LogP contribution in [0, 0.1) is 5.41 Å². The summed E-state index contributed by atoms with van der Waals surface area (Å²) in [5, 5.41) is 8.11. The van der Waals surface area contributed by atoms with E-state index in [0.29, 0.717) is 11.4 Å². The lowest BCUT2D eigenvalue weighted by molar-refractivity contribution is 0.217. The van der Waals surface area contributed by atoms with E-state index in [0.717, 1.165) is 56.1 Å². The predicted molar refractivity (Wildman–Crippen MR) is 146 cm³/mol. The molecule has 0 amide bonds. The van der Waals surface area contributed by atoms with Gasteiger partial charge < -0.3 is 20.1 Å². The van der Waals surface area contributed by atoms with Crippen LogP contribution in [-0.2, 0) is 12.1 Å². The van der Waals surface area contributed by atoms with Crippen LogP contribution < -0.4 is 15.5 Å². The van der Waals surface area contributed by atoms with Crippen molar-refractivity contribution in [1.29, 1.82) is 0 Å². The van der Waals surface area contributed by atoms with Crippen LogP contribution in [0.2, 0.25) is 0 Å². The molecule has 2 aliphatic heterocycles. The summed E-state index contributed by atoms with van der Waals surface area (Å²) in [5.41, 5.74) is 4.12. The molecule has 192 valence electrons. The molecule has 2 N–H and O–H groups in total. The van der Waals surface area contributed by atoms with Gasteiger partial charge in [-0.15, -0.1) is 0 Å². The first-order chi connectivity index (χ1) is 17.4. The minimum atomic E-state index is 0.164. The second-order valence-corrected chi connectivity index (χ2v) is 12.1. The van der Waals surface area contributed by atoms with Crippen molar-refractivity contribution < 1.29 is 0 Å². The van der Waals surface area contributed by atoms with E-state index in [-0.39, 0.29) is 5.54 Å². The van der Waals surface area contributed by atoms with Gasteiger partial charge in [-0.2, -0.15) is 4.98 Å². The van der Waals surface area contributed by atoms with E-state index < -0.39 is 0 Å². The zero-order valence-corrected chi connectivity index (χ0v) is 22.1. The van der Waals surface area contributed by atoms with Crippen LogP contribution in [-0.4, -0.2) is 63.7 Å². The molecule has 3 aromatic heterocycles. The van der Waals surface area contributed by atoms with Crippen molar-refractivity contribution in [2.75, 3.05) is 49.5 Å². The molecule has 3 aliphatic rings. The van der Waals surface area contributed by atoms with Crippen molar-refractivity contribution in [3.63, 3.8) is 0 Å². The zero-order valence-electron chi connectivity index (χ0n) is 22.1. The zero-order chi connectivity index (χ0) is 24.8. The number of nitrogens with one attached hydrogen (secondary N) is 2. The average molecular weight is 489 g/mol. The number of hydrogen-bond acceptors (Lipinski definition) is 7. The molecule has 2 fully saturated rings. The van der Waals surface area contributed by atoms with Crippen LogP contribution in [0.25, 0.3) is 11.0 Å². The third-order valence-electron chi connectivity index (χ3n) is 8.29. The van der Waals surface area contributed by atoms with Gasteiger partial charge in [-0.25, -0.2) is 9.97 Å². The molecule has 6 rings (SSSR count). The molecule has 0 aromatic carbocycles. The molecule has 0 radical (unpaired) electrons. The van der Waals surface area contributed by atoms with Crippen molar-refractivity contribution in [2.24, 2.45) is 5.41 Å². The first kappa shape index (κ1) is 23.7. The monoisotopic (exact) mass is 488 g/mol. The molecule has 0 bridgehead atoms. The fourth-order valence-electron chi connectivity index (χ4n) is 6.18. The standard InChI is InChI=1S/C28H40N8/c1-27(2,3)10-11-34-12-14-35(15-13-34)22-6-7-24(30-19-22)32-26-31-17-21-16-23-18-29-20-28(8-4-5-9-28)36(23)25(21)33-26/h6-7,16-17,19,29H,4-5,8-15,18,20H2,1-3H3,(H,30,31,32,33). The molecule has 1 saturated heterocycles. The lowest BCUT2D eigenvalue weighted by Gasteiger charge is -2.37. The number of piperazine rings is 1. The number of aromatic nitrogens is 4. The topological polar surface area (TPSA) is 74.1 Å². The smallest absolute Gasteiger partial charge is 0.230 e. The minimum absolute atomic E-state index is 0.164. The van der Waals surface area contributed by atoms with Crippen molar-refractivity contribution in [2.45, 2.75) is 65.0 Å². The Bertz CT molecular complexity index is 1190. The molecule has 8 heteroatoms. The molecular weight excluding hydrogens is 448 g/mol. The third-order valence-corrected chi connectivity index (χ3v) is 8.29. The van der Waals surface area contributed by atoms with Crippen molar-refractivity contribution in [3.8, 4) is 0 Å². The highest BCUT2D eigenvalue weighted by Crippen LogP contribution is 2.41. The van der Waals surface area contributed by atoms with Gasteiger partial charge in [0, 0.05) is 56.5 Å². The maximum absolute atomic E-state index is 4.97. The summed E-state index contributed by atoms with van der Waals surface area (Å²) >= 11 is 0. The molecule has 0 atom stereocenters. The SMILES string of the molecule is CC(C)(C)CCN1CCN(c2ccc(Nc3ncc4cc5n(c4n3)C3(CCCC3)CNC5)nc2)CC1. The van der Waals surface area contributed by atoms with Crippen LogP contribution >= 0.6 is 0 Å². The van der Waals surface area contributed by atoms with Crippen molar-refractivity contribution in [1.82, 2.24) is 29.7 Å². The molecule has 8 nitrogen and oxygen atoms in total. The number of rotatable bonds is 5. The van der Waals surface area contributed by atoms with E-state index in [4.69, 9.17) is 9.97 Å². The van der Waals surface area contributed by atoms with E-state index in [2.05, 4.69) is 62.9 Å². The van der Waals surface area contributed by atoms with Gasteiger partial charge >= 0.3 is 0 Å². The molecule has 1 saturated carbocycles. The summed E-state index contributed by atoms with van der Waals surface area (Å²) in [6.07, 6.45) is 10.2. The molecule has 36 heavy (non-hydrogen) atoms. The Morgan fingerprint density at radius 3 is 2.56 bits per heavy atom. The van der Waals surface area contributed by atoms with Gasteiger partial charge in [0.2, 0.25) is 5.95 Å². The molecular formula is C28H40N8. The van der Waals surface area contributed by atoms with Gasteiger partial charge in [0.1, 0.15) is 11.5 Å². The second-order valence-electron chi connectivity index (χ2n) is 12.1. The van der Waals surface area contributed by atoms with Crippen molar-refractivity contribution in [3.05, 3.63) is 36.3 Å². The van der Waals surface area contributed by atoms with Crippen molar-refractivity contribution >= 4 is 28.5 Å². The third kappa shape index (κ3) is 4.68. The van der Waals surface area contributed by atoms with E-state index in [1.165, 1.54) is 50.0 Å². The van der Waals surface area contributed by atoms with E-state index in [9.17, 15) is 0 Å². The number of anilines is 3. The first-order valence-corrected chi connectivity index (χ1v) is 13.7. The highest BCUT2D eigenvalue weighted by Gasteiger charge is 2.40. The summed E-state index contributed by atoms with van der Waals surface area (Å²) in [6, 6.07) is 6.46. The summed E-state index contributed by atoms with van der Waals surface area (Å²) in [5.74, 6) is 1.40. The van der Waals surface area contributed by atoms with E-state index in [1.807, 2.05) is 18.5 Å². The number of hydrogen-bond donors (Lipinski definition) is 2. The summed E-state index contributed by atoms with van der Waals surface area (Å²) in [6.45, 7) is 14.4. The quantitative estimate of drug-likeness (QED) is 0.548. The van der Waals surface area contributed by atoms with E-state index >= 15 is 0 Å². The number of pyridine rings is 1. The van der Waals surface area contributed by atoms with Gasteiger partial charge in [0.25, 0.3) is 0 Å². The Morgan fingerprint density at radius 2 is 1.83 bits per heavy atom. The highest BCUT2D eigenvalue weighted by atomic mass is 15.3. The average Bonchev–Trinajstić information content (AvgIpc) is 3.48. The molecule has 0 unspecified atom stereocenters. The maximum Gasteiger partial charge on any atom is 0.230 e. The fourth-order valence-corrected chi connectivity index (χ4v) is 6.18. The van der Waals surface area contributed by atoms with Gasteiger partial charge in [-0.3, -0.25) is 4.90 Å². The number of fused-ring (bicyclic) bond motifs is 4. The van der Waals surface area contributed by atoms with Crippen LogP contribution in [0.15, 0.2) is 30.6 Å². The maximum atomic E-state index is 4.97. The first-order valence-electron chi connectivity index (χ1n) is 13.7. The van der Waals surface area contributed by atoms with Crippen LogP contribution in [0.4, 0.5) is 17.5 Å². The Labute approximate surface area is 214 Å². The normalized spacial score (nSPS) is 20.2. The Hall–Kier alpha value is -2.71. The van der Waals surface area contributed by atoms with Crippen LogP contribution in [0.5, 0.6) is 0 Å². The molecule has 1 spiro atoms. The Balaban J connectivity index is 1.13. The molecule has 3 aromatic rings. The largest absolute Gasteiger partial charge is 0.368 e. The predicted octanol–water partition coefficient (Wildman–Crippen LogP) is 4.50. The Kier molecular flexibility index (Phi) is 6.12. The molecule has 1 aliphatic carbocycles. The van der Waals surface area contributed by atoms with Gasteiger partial charge in [-0.1, -0.05) is 33.6 Å². The highest BCUT2D eigenvalue weighted by molar-refractivity contribution is 5.79. The van der Waals surface area contributed by atoms with Crippen LogP contribution in [0.1, 0.15) is 58.6 Å². The summed E-state index contributed by atoms with van der Waals surface area (Å²) in [7, 11) is 0. The summed E-state index contributed by atoms with van der Waals surface area (Å²) < 4.78 is 2.51. The number of nitrogens with zero attached hydrogens (tertiary/aromatic N) is 6. The van der Waals surface area contributed by atoms with Gasteiger partial charge in [-0.05, 0) is 49.4 Å². The lowest BCUT2D eigenvalue weighted by atomic mass is 9.92.